The Morgan fingerprint density at radius 3 is 2.47 bits per heavy atom. The molecule has 1 saturated carbocycles. The highest BCUT2D eigenvalue weighted by Gasteiger charge is 2.52. The number of hydrogen-bond donors (Lipinski definition) is 1. The first-order valence-corrected chi connectivity index (χ1v) is 18.7. The van der Waals surface area contributed by atoms with Crippen molar-refractivity contribution >= 4 is 28.4 Å². The Morgan fingerprint density at radius 2 is 1.74 bits per heavy atom. The van der Waals surface area contributed by atoms with Crippen molar-refractivity contribution in [2.24, 2.45) is 11.3 Å². The van der Waals surface area contributed by atoms with E-state index in [0.717, 1.165) is 67.0 Å². The predicted molar refractivity (Wildman–Crippen MR) is 204 cm³/mol. The number of phenolic OH excluding ortho intramolecular Hbond substituents is 1. The fourth-order valence-electron chi connectivity index (χ4n) is 8.32. The van der Waals surface area contributed by atoms with Crippen molar-refractivity contribution in [2.45, 2.75) is 52.1 Å². The molecule has 1 saturated heterocycles. The topological polar surface area (TPSA) is 108 Å². The number of fused-ring (bicyclic) bond motifs is 2. The van der Waals surface area contributed by atoms with Gasteiger partial charge in [0.15, 0.2) is 5.78 Å². The highest BCUT2D eigenvalue weighted by atomic mass is 16.5. The van der Waals surface area contributed by atoms with Crippen LogP contribution in [0.4, 0.5) is 0 Å². The minimum absolute atomic E-state index is 0.0284. The summed E-state index contributed by atoms with van der Waals surface area (Å²) < 4.78 is 7.51. The van der Waals surface area contributed by atoms with E-state index >= 15 is 4.79 Å². The van der Waals surface area contributed by atoms with Crippen molar-refractivity contribution in [3.05, 3.63) is 119 Å². The maximum atomic E-state index is 15.0. The lowest BCUT2D eigenvalue weighted by Crippen LogP contribution is -2.59. The lowest BCUT2D eigenvalue weighted by Gasteiger charge is -2.48. The Hall–Kier alpha value is -4.90. The molecule has 0 unspecified atom stereocenters. The number of carbonyl (C=O) groups excluding carboxylic acids is 3. The van der Waals surface area contributed by atoms with Gasteiger partial charge in [0.2, 0.25) is 0 Å². The van der Waals surface area contributed by atoms with Crippen LogP contribution in [0, 0.1) is 11.3 Å². The Morgan fingerprint density at radius 1 is 0.981 bits per heavy atom. The normalized spacial score (nSPS) is 22.8. The molecule has 53 heavy (non-hydrogen) atoms. The molecular weight excluding hydrogens is 667 g/mol. The third-order valence-electron chi connectivity index (χ3n) is 11.1. The lowest BCUT2D eigenvalue weighted by atomic mass is 9.61. The monoisotopic (exact) mass is 715 g/mol. The lowest BCUT2D eigenvalue weighted by molar-refractivity contribution is -0.156. The molecule has 10 heteroatoms. The quantitative estimate of drug-likeness (QED) is 0.212. The van der Waals surface area contributed by atoms with Gasteiger partial charge in [0, 0.05) is 61.1 Å². The van der Waals surface area contributed by atoms with Crippen molar-refractivity contribution in [2.75, 3.05) is 45.9 Å². The summed E-state index contributed by atoms with van der Waals surface area (Å²) in [5.41, 5.74) is 3.94. The predicted octanol–water partition coefficient (Wildman–Crippen LogP) is 5.20. The summed E-state index contributed by atoms with van der Waals surface area (Å²) >= 11 is 0. The second-order valence-electron chi connectivity index (χ2n) is 14.9. The number of hydrazine groups is 1. The molecule has 276 valence electrons. The molecule has 7 rings (SSSR count). The fraction of sp³-hybridized carbons (Fsp3) is 0.395. The Labute approximate surface area is 311 Å². The summed E-state index contributed by atoms with van der Waals surface area (Å²) in [6.07, 6.45) is 5.22. The molecule has 0 bridgehead atoms. The standard InChI is InChI=1S/C43H49N5O5/c1-4-47-28-35(50)25-36-37(24-32-13-15-34(49)16-14-32)41(51)43(3,27-40(36)48(47)42(52)30(2)23-31-9-6-5-7-10-31)26-33-11-8-12-39-38(33)29-46(44-39)18-17-45-19-21-53-22-20-45/h5-16,25,29,37,40,49H,2,4,17-24,26-28H2,1,3H3/t37-,40+,43+/m1/s1. The molecule has 3 atom stereocenters. The van der Waals surface area contributed by atoms with E-state index in [2.05, 4.69) is 23.7 Å². The van der Waals surface area contributed by atoms with Gasteiger partial charge in [-0.05, 0) is 65.8 Å². The molecule has 2 aliphatic heterocycles. The molecule has 1 aliphatic carbocycles. The molecule has 4 aromatic rings. The first-order chi connectivity index (χ1) is 25.6. The molecule has 1 N–H and O–H groups in total. The fourth-order valence-corrected chi connectivity index (χ4v) is 8.32. The number of ketones is 2. The summed E-state index contributed by atoms with van der Waals surface area (Å²) in [5.74, 6) is -0.862. The summed E-state index contributed by atoms with van der Waals surface area (Å²) in [7, 11) is 0. The third kappa shape index (κ3) is 7.90. The highest BCUT2D eigenvalue weighted by molar-refractivity contribution is 6.00. The SMILES string of the molecule is C=C(Cc1ccccc1)C(=O)N1[C@H]2C[C@](C)(Cc3cccc4nn(CCN5CCOCC5)cc34)C(=O)[C@H](Cc3ccc(O)cc3)C2=CC(=O)CN1CC. The summed E-state index contributed by atoms with van der Waals surface area (Å²) in [4.78, 5) is 45.6. The maximum Gasteiger partial charge on any atom is 0.264 e. The Bertz CT molecular complexity index is 2020. The molecule has 10 nitrogen and oxygen atoms in total. The van der Waals surface area contributed by atoms with Crippen LogP contribution in [-0.2, 0) is 44.9 Å². The van der Waals surface area contributed by atoms with Crippen LogP contribution in [0.15, 0.2) is 103 Å². The largest absolute Gasteiger partial charge is 0.508 e. The van der Waals surface area contributed by atoms with Crippen LogP contribution in [0.3, 0.4) is 0 Å². The van der Waals surface area contributed by atoms with Crippen LogP contribution in [0.25, 0.3) is 10.9 Å². The van der Waals surface area contributed by atoms with Gasteiger partial charge in [-0.2, -0.15) is 5.10 Å². The number of nitrogens with zero attached hydrogens (tertiary/aromatic N) is 5. The molecule has 3 aliphatic rings. The van der Waals surface area contributed by atoms with Crippen molar-refractivity contribution in [3.63, 3.8) is 0 Å². The zero-order chi connectivity index (χ0) is 37.1. The molecule has 1 amide bonds. The first kappa shape index (κ1) is 36.5. The van der Waals surface area contributed by atoms with Crippen LogP contribution in [0.5, 0.6) is 5.75 Å². The summed E-state index contributed by atoms with van der Waals surface area (Å²) in [6, 6.07) is 22.2. The number of hydrogen-bond acceptors (Lipinski definition) is 8. The highest BCUT2D eigenvalue weighted by Crippen LogP contribution is 2.46. The second kappa shape index (κ2) is 15.6. The Balaban J connectivity index is 1.25. The van der Waals surface area contributed by atoms with Crippen LogP contribution < -0.4 is 0 Å². The average Bonchev–Trinajstić information content (AvgIpc) is 3.54. The molecule has 3 heterocycles. The number of Topliss-reactive ketones (excluding diaryl/α,β-unsaturated/α-hetero) is 1. The molecular formula is C43H49N5O5. The molecule has 3 aromatic carbocycles. The molecule has 0 radical (unpaired) electrons. The van der Waals surface area contributed by atoms with E-state index in [1.807, 2.05) is 78.1 Å². The van der Waals surface area contributed by atoms with Gasteiger partial charge in [0.05, 0.1) is 37.9 Å². The van der Waals surface area contributed by atoms with Crippen LogP contribution in [0.1, 0.15) is 37.0 Å². The summed E-state index contributed by atoms with van der Waals surface area (Å²) in [6.45, 7) is 13.6. The van der Waals surface area contributed by atoms with E-state index in [4.69, 9.17) is 9.84 Å². The van der Waals surface area contributed by atoms with Gasteiger partial charge in [-0.15, -0.1) is 0 Å². The minimum Gasteiger partial charge on any atom is -0.508 e. The van der Waals surface area contributed by atoms with Gasteiger partial charge in [-0.1, -0.05) is 75.0 Å². The zero-order valence-corrected chi connectivity index (χ0v) is 30.7. The van der Waals surface area contributed by atoms with E-state index in [1.54, 1.807) is 23.2 Å². The van der Waals surface area contributed by atoms with E-state index in [0.29, 0.717) is 43.4 Å². The number of carbonyl (C=O) groups is 3. The van der Waals surface area contributed by atoms with Gasteiger partial charge in [0.25, 0.3) is 5.91 Å². The van der Waals surface area contributed by atoms with Crippen molar-refractivity contribution in [3.8, 4) is 5.75 Å². The van der Waals surface area contributed by atoms with Gasteiger partial charge in [-0.3, -0.25) is 29.0 Å². The number of aromatic nitrogens is 2. The number of aromatic hydroxyl groups is 1. The number of benzene rings is 3. The van der Waals surface area contributed by atoms with Crippen molar-refractivity contribution in [1.29, 1.82) is 0 Å². The van der Waals surface area contributed by atoms with Crippen LogP contribution in [0.2, 0.25) is 0 Å². The first-order valence-electron chi connectivity index (χ1n) is 18.7. The number of likely N-dealkylation sites (N-methyl/N-ethyl adjacent to an activating group) is 1. The smallest absolute Gasteiger partial charge is 0.264 e. The van der Waals surface area contributed by atoms with E-state index in [1.165, 1.54) is 0 Å². The van der Waals surface area contributed by atoms with Gasteiger partial charge in [0.1, 0.15) is 11.5 Å². The zero-order valence-electron chi connectivity index (χ0n) is 30.7. The number of morpholine rings is 1. The number of phenols is 1. The maximum absolute atomic E-state index is 15.0. The van der Waals surface area contributed by atoms with Gasteiger partial charge >= 0.3 is 0 Å². The van der Waals surface area contributed by atoms with E-state index in [-0.39, 0.29) is 29.8 Å². The number of amides is 1. The van der Waals surface area contributed by atoms with Gasteiger partial charge in [-0.25, -0.2) is 5.01 Å². The van der Waals surface area contributed by atoms with E-state index < -0.39 is 17.4 Å². The molecule has 1 aromatic heterocycles. The molecule has 2 fully saturated rings. The van der Waals surface area contributed by atoms with Crippen molar-refractivity contribution in [1.82, 2.24) is 24.7 Å². The Kier molecular flexibility index (Phi) is 10.7. The number of ether oxygens (including phenoxy) is 1. The third-order valence-corrected chi connectivity index (χ3v) is 11.1. The average molecular weight is 716 g/mol. The van der Waals surface area contributed by atoms with Crippen LogP contribution in [-0.4, -0.2) is 99.3 Å². The van der Waals surface area contributed by atoms with E-state index in [9.17, 15) is 14.7 Å². The molecule has 0 spiro atoms. The second-order valence-corrected chi connectivity index (χ2v) is 14.9. The van der Waals surface area contributed by atoms with Crippen LogP contribution >= 0.6 is 0 Å². The van der Waals surface area contributed by atoms with Crippen molar-refractivity contribution < 1.29 is 24.2 Å². The van der Waals surface area contributed by atoms with Gasteiger partial charge < -0.3 is 9.84 Å². The number of rotatable bonds is 11. The summed E-state index contributed by atoms with van der Waals surface area (Å²) in [5, 5.41) is 19.5. The minimum atomic E-state index is -0.889.